The van der Waals surface area contributed by atoms with Crippen molar-refractivity contribution < 1.29 is 51.9 Å². The minimum Gasteiger partial charge on any atom is -0.286 e. The number of aryl methyl sites for hydroxylation is 4. The second-order valence-corrected chi connectivity index (χ2v) is 12.6. The Labute approximate surface area is 174 Å². The molecule has 17 heteroatoms. The van der Waals surface area contributed by atoms with Crippen LogP contribution in [0, 0.1) is 0 Å². The first kappa shape index (κ1) is 26.8. The van der Waals surface area contributed by atoms with Crippen LogP contribution in [0.3, 0.4) is 0 Å². The summed E-state index contributed by atoms with van der Waals surface area (Å²) >= 11 is 0. The van der Waals surface area contributed by atoms with Crippen LogP contribution in [0.25, 0.3) is 0 Å². The topological polar surface area (TPSA) is 230 Å². The monoisotopic (exact) mass is 511 g/mol. The molecule has 1 rings (SSSR count). The van der Waals surface area contributed by atoms with Gasteiger partial charge in [0.05, 0.1) is 23.0 Å². The number of nitrogens with zero attached hydrogens (tertiary/aromatic N) is 1. The van der Waals surface area contributed by atoms with Crippen LogP contribution in [-0.2, 0) is 66.2 Å². The van der Waals surface area contributed by atoms with Gasteiger partial charge < -0.3 is 0 Å². The Morgan fingerprint density at radius 2 is 0.800 bits per heavy atom. The zero-order chi connectivity index (χ0) is 23.4. The molecule has 0 amide bonds. The molecule has 0 aliphatic rings. The average Bonchev–Trinajstić information content (AvgIpc) is 2.52. The van der Waals surface area contributed by atoms with E-state index >= 15 is 0 Å². The van der Waals surface area contributed by atoms with E-state index in [2.05, 4.69) is 4.98 Å². The minimum atomic E-state index is -4.43. The summed E-state index contributed by atoms with van der Waals surface area (Å²) in [6, 6.07) is 1.25. The minimum absolute atomic E-state index is 0.0304. The Kier molecular flexibility index (Phi) is 8.89. The highest BCUT2D eigenvalue weighted by Gasteiger charge is 2.19. The quantitative estimate of drug-likeness (QED) is 0.242. The Bertz CT molecular complexity index is 999. The van der Waals surface area contributed by atoms with Gasteiger partial charge in [-0.25, -0.2) is 0 Å². The molecule has 0 aromatic carbocycles. The van der Waals surface area contributed by atoms with Gasteiger partial charge in [-0.2, -0.15) is 33.7 Å². The summed E-state index contributed by atoms with van der Waals surface area (Å²) < 4.78 is 124. The van der Waals surface area contributed by atoms with E-state index in [0.29, 0.717) is 0 Å². The van der Waals surface area contributed by atoms with E-state index in [1.54, 1.807) is 0 Å². The molecule has 0 fully saturated rings. The lowest BCUT2D eigenvalue weighted by Gasteiger charge is -2.15. The number of hydrogen-bond donors (Lipinski definition) is 4. The smallest absolute Gasteiger partial charge is 0.265 e. The molecule has 174 valence electrons. The van der Waals surface area contributed by atoms with E-state index in [4.69, 9.17) is 18.2 Å². The predicted molar refractivity (Wildman–Crippen MR) is 105 cm³/mol. The van der Waals surface area contributed by atoms with E-state index in [9.17, 15) is 33.7 Å². The van der Waals surface area contributed by atoms with Gasteiger partial charge in [-0.15, -0.1) is 0 Å². The van der Waals surface area contributed by atoms with Gasteiger partial charge in [-0.3, -0.25) is 23.2 Å². The molecule has 1 heterocycles. The second-order valence-electron chi connectivity index (χ2n) is 6.34. The summed E-state index contributed by atoms with van der Waals surface area (Å²) in [4.78, 5) is 4.08. The summed E-state index contributed by atoms with van der Waals surface area (Å²) in [5.41, 5.74) is 0.156. The first-order valence-corrected chi connectivity index (χ1v) is 14.6. The third kappa shape index (κ3) is 11.8. The average molecular weight is 512 g/mol. The van der Waals surface area contributed by atoms with Crippen LogP contribution >= 0.6 is 0 Å². The van der Waals surface area contributed by atoms with E-state index in [0.717, 1.165) is 0 Å². The molecular formula is C13H21NO12S4. The van der Waals surface area contributed by atoms with Gasteiger partial charge in [0.2, 0.25) is 0 Å². The van der Waals surface area contributed by atoms with Crippen LogP contribution in [-0.4, -0.2) is 79.9 Å². The summed E-state index contributed by atoms with van der Waals surface area (Å²) in [7, 11) is -17.7. The fourth-order valence-electron chi connectivity index (χ4n) is 2.48. The van der Waals surface area contributed by atoms with Crippen molar-refractivity contribution in [2.45, 2.75) is 25.7 Å². The van der Waals surface area contributed by atoms with Gasteiger partial charge in [0.25, 0.3) is 40.5 Å². The van der Waals surface area contributed by atoms with Crippen LogP contribution in [0.2, 0.25) is 0 Å². The first-order valence-electron chi connectivity index (χ1n) is 8.16. The second kappa shape index (κ2) is 9.94. The van der Waals surface area contributed by atoms with Crippen molar-refractivity contribution in [3.05, 3.63) is 28.6 Å². The molecule has 0 unspecified atom stereocenters. The molecule has 30 heavy (non-hydrogen) atoms. The normalized spacial score (nSPS) is 13.5. The first-order chi connectivity index (χ1) is 13.3. The van der Waals surface area contributed by atoms with Crippen LogP contribution < -0.4 is 0 Å². The highest BCUT2D eigenvalue weighted by atomic mass is 32.2. The fraction of sp³-hybridized carbons (Fsp3) is 0.615. The van der Waals surface area contributed by atoms with Crippen LogP contribution in [0.15, 0.2) is 6.07 Å². The van der Waals surface area contributed by atoms with Gasteiger partial charge in [0.1, 0.15) is 0 Å². The van der Waals surface area contributed by atoms with E-state index in [1.165, 1.54) is 6.07 Å². The van der Waals surface area contributed by atoms with E-state index in [1.807, 2.05) is 0 Å². The van der Waals surface area contributed by atoms with Crippen LogP contribution in [0.4, 0.5) is 0 Å². The summed E-state index contributed by atoms with van der Waals surface area (Å²) in [6.07, 6.45) is -1.47. The van der Waals surface area contributed by atoms with Gasteiger partial charge in [-0.05, 0) is 24.0 Å². The molecule has 0 bridgehead atoms. The molecule has 0 spiro atoms. The molecule has 4 N–H and O–H groups in total. The van der Waals surface area contributed by atoms with E-state index in [-0.39, 0.29) is 35.4 Å². The SMILES string of the molecule is O=S(=O)(O)CCc1cc(CCS(=O)(=O)O)c(CCS(=O)(=O)O)nc1CCS(=O)(=O)O. The lowest BCUT2D eigenvalue weighted by molar-refractivity contribution is 0.478. The van der Waals surface area contributed by atoms with Crippen molar-refractivity contribution >= 4 is 40.5 Å². The molecular weight excluding hydrogens is 490 g/mol. The summed E-state index contributed by atoms with van der Waals surface area (Å²) in [5, 5.41) is 0. The Hall–Kier alpha value is -1.21. The highest BCUT2D eigenvalue weighted by molar-refractivity contribution is 7.86. The third-order valence-corrected chi connectivity index (χ3v) is 6.69. The molecule has 0 aliphatic heterocycles. The number of hydrogen-bond acceptors (Lipinski definition) is 9. The molecule has 0 atom stereocenters. The van der Waals surface area contributed by atoms with Crippen molar-refractivity contribution in [3.8, 4) is 0 Å². The Balaban J connectivity index is 3.45. The van der Waals surface area contributed by atoms with E-state index < -0.39 is 76.3 Å². The van der Waals surface area contributed by atoms with Gasteiger partial charge in [0.15, 0.2) is 0 Å². The standard InChI is InChI=1S/C13H21NO12S4/c15-27(16,17)5-1-10-9-11(2-6-28(18,19)20)13(4-8-30(24,25)26)14-12(10)3-7-29(21,22)23/h9H,1-8H2,(H,15,16,17)(H,18,19,20)(H,21,22,23)(H,24,25,26). The molecule has 0 radical (unpaired) electrons. The lowest BCUT2D eigenvalue weighted by atomic mass is 10.0. The maximum absolute atomic E-state index is 11.0. The number of pyridine rings is 1. The van der Waals surface area contributed by atoms with Crippen molar-refractivity contribution in [1.82, 2.24) is 4.98 Å². The van der Waals surface area contributed by atoms with Crippen molar-refractivity contribution in [3.63, 3.8) is 0 Å². The Morgan fingerprint density at radius 3 is 1.07 bits per heavy atom. The molecule has 1 aromatic rings. The largest absolute Gasteiger partial charge is 0.286 e. The van der Waals surface area contributed by atoms with Crippen LogP contribution in [0.5, 0.6) is 0 Å². The van der Waals surface area contributed by atoms with Crippen molar-refractivity contribution in [1.29, 1.82) is 0 Å². The fourth-order valence-corrected chi connectivity index (χ4v) is 4.34. The van der Waals surface area contributed by atoms with Crippen molar-refractivity contribution in [2.24, 2.45) is 0 Å². The number of rotatable bonds is 12. The summed E-state index contributed by atoms with van der Waals surface area (Å²) in [6.45, 7) is 0. The maximum Gasteiger partial charge on any atom is 0.265 e. The Morgan fingerprint density at radius 1 is 0.533 bits per heavy atom. The maximum atomic E-state index is 11.0. The van der Waals surface area contributed by atoms with Gasteiger partial charge in [0, 0.05) is 24.2 Å². The van der Waals surface area contributed by atoms with Gasteiger partial charge in [-0.1, -0.05) is 6.07 Å². The molecule has 1 aromatic heterocycles. The van der Waals surface area contributed by atoms with Gasteiger partial charge >= 0.3 is 0 Å². The zero-order valence-corrected chi connectivity index (χ0v) is 18.6. The molecule has 0 aliphatic carbocycles. The zero-order valence-electron chi connectivity index (χ0n) is 15.4. The predicted octanol–water partition coefficient (Wildman–Crippen LogP) is -1.20. The highest BCUT2D eigenvalue weighted by Crippen LogP contribution is 2.19. The molecule has 0 saturated heterocycles. The van der Waals surface area contributed by atoms with Crippen molar-refractivity contribution in [2.75, 3.05) is 23.0 Å². The molecule has 13 nitrogen and oxygen atoms in total. The number of aromatic nitrogens is 1. The van der Waals surface area contributed by atoms with Crippen LogP contribution in [0.1, 0.15) is 22.5 Å². The lowest BCUT2D eigenvalue weighted by Crippen LogP contribution is -2.17. The summed E-state index contributed by atoms with van der Waals surface area (Å²) in [5.74, 6) is -3.12. The third-order valence-electron chi connectivity index (χ3n) is 3.81. The molecule has 0 saturated carbocycles.